The van der Waals surface area contributed by atoms with Crippen LogP contribution in [0.15, 0.2) is 36.7 Å². The zero-order chi connectivity index (χ0) is 16.9. The second-order valence-electron chi connectivity index (χ2n) is 6.29. The second kappa shape index (κ2) is 7.45. The van der Waals surface area contributed by atoms with Crippen LogP contribution in [0.5, 0.6) is 0 Å². The number of aliphatic hydroxyl groups is 1. The van der Waals surface area contributed by atoms with Crippen LogP contribution in [0.25, 0.3) is 11.4 Å². The van der Waals surface area contributed by atoms with Crippen LogP contribution in [0.2, 0.25) is 0 Å². The number of imidazole rings is 1. The van der Waals surface area contributed by atoms with Crippen LogP contribution in [0, 0.1) is 0 Å². The predicted molar refractivity (Wildman–Crippen MR) is 94.8 cm³/mol. The standard InChI is InChI=1S/C19H24N4O/c1-3-5-16-11-20-19(22-16)17-12-21-23-18(17)10-15-7-4-6-14(9-15)8-13(2)24/h4,6-7,9,11-13,24H,3,5,8,10H2,1-2H3,(H,20,22)(H,21,23)/t13-/m0/s1. The molecule has 5 heteroatoms. The number of nitrogens with one attached hydrogen (secondary N) is 2. The highest BCUT2D eigenvalue weighted by molar-refractivity contribution is 5.58. The molecule has 3 aromatic rings. The van der Waals surface area contributed by atoms with Gasteiger partial charge in [0.2, 0.25) is 0 Å². The first-order valence-electron chi connectivity index (χ1n) is 8.49. The van der Waals surface area contributed by atoms with Crippen molar-refractivity contribution in [2.45, 2.75) is 45.6 Å². The van der Waals surface area contributed by atoms with E-state index < -0.39 is 0 Å². The number of hydrogen-bond acceptors (Lipinski definition) is 3. The van der Waals surface area contributed by atoms with Crippen molar-refractivity contribution in [1.82, 2.24) is 20.2 Å². The van der Waals surface area contributed by atoms with Gasteiger partial charge < -0.3 is 10.1 Å². The number of aliphatic hydroxyl groups excluding tert-OH is 1. The minimum atomic E-state index is -0.332. The van der Waals surface area contributed by atoms with E-state index in [1.807, 2.05) is 31.5 Å². The Labute approximate surface area is 142 Å². The molecule has 126 valence electrons. The van der Waals surface area contributed by atoms with Gasteiger partial charge in [0.25, 0.3) is 0 Å². The summed E-state index contributed by atoms with van der Waals surface area (Å²) >= 11 is 0. The molecule has 24 heavy (non-hydrogen) atoms. The highest BCUT2D eigenvalue weighted by atomic mass is 16.3. The minimum Gasteiger partial charge on any atom is -0.393 e. The molecule has 0 saturated heterocycles. The molecule has 0 fully saturated rings. The van der Waals surface area contributed by atoms with Gasteiger partial charge in [-0.1, -0.05) is 37.6 Å². The van der Waals surface area contributed by atoms with Gasteiger partial charge in [-0.2, -0.15) is 5.10 Å². The van der Waals surface area contributed by atoms with Crippen molar-refractivity contribution >= 4 is 0 Å². The van der Waals surface area contributed by atoms with E-state index in [2.05, 4.69) is 39.2 Å². The summed E-state index contributed by atoms with van der Waals surface area (Å²) in [6.45, 7) is 3.96. The van der Waals surface area contributed by atoms with Gasteiger partial charge in [0.05, 0.1) is 23.1 Å². The van der Waals surface area contributed by atoms with Crippen molar-refractivity contribution < 1.29 is 5.11 Å². The zero-order valence-corrected chi connectivity index (χ0v) is 14.2. The lowest BCUT2D eigenvalue weighted by atomic mass is 10.0. The second-order valence-corrected chi connectivity index (χ2v) is 6.29. The van der Waals surface area contributed by atoms with Crippen LogP contribution < -0.4 is 0 Å². The number of nitrogens with zero attached hydrogens (tertiary/aromatic N) is 2. The quantitative estimate of drug-likeness (QED) is 0.624. The Morgan fingerprint density at radius 2 is 2.04 bits per heavy atom. The highest BCUT2D eigenvalue weighted by Gasteiger charge is 2.13. The van der Waals surface area contributed by atoms with Crippen molar-refractivity contribution in [1.29, 1.82) is 0 Å². The van der Waals surface area contributed by atoms with E-state index in [1.165, 1.54) is 5.56 Å². The van der Waals surface area contributed by atoms with Gasteiger partial charge in [-0.25, -0.2) is 4.98 Å². The summed E-state index contributed by atoms with van der Waals surface area (Å²) in [5, 5.41) is 16.9. The van der Waals surface area contributed by atoms with Crippen molar-refractivity contribution in [2.24, 2.45) is 0 Å². The van der Waals surface area contributed by atoms with Gasteiger partial charge in [-0.05, 0) is 30.9 Å². The lowest BCUT2D eigenvalue weighted by Gasteiger charge is -2.07. The number of aromatic nitrogens is 4. The molecule has 0 aliphatic rings. The lowest BCUT2D eigenvalue weighted by Crippen LogP contribution is -2.04. The van der Waals surface area contributed by atoms with E-state index in [1.54, 1.807) is 0 Å². The summed E-state index contributed by atoms with van der Waals surface area (Å²) in [5.74, 6) is 0.863. The SMILES string of the molecule is CCCc1c[nH]c(-c2c[nH]nc2Cc2cccc(C[C@H](C)O)c2)n1. The van der Waals surface area contributed by atoms with Crippen molar-refractivity contribution in [3.63, 3.8) is 0 Å². The van der Waals surface area contributed by atoms with E-state index in [0.29, 0.717) is 6.42 Å². The molecule has 0 aliphatic heterocycles. The highest BCUT2D eigenvalue weighted by Crippen LogP contribution is 2.22. The van der Waals surface area contributed by atoms with Crippen LogP contribution in [-0.2, 0) is 19.3 Å². The number of aromatic amines is 2. The molecule has 0 spiro atoms. The van der Waals surface area contributed by atoms with Crippen molar-refractivity contribution in [2.75, 3.05) is 0 Å². The lowest BCUT2D eigenvalue weighted by molar-refractivity contribution is 0.195. The van der Waals surface area contributed by atoms with Gasteiger partial charge in [-0.15, -0.1) is 0 Å². The maximum absolute atomic E-state index is 9.56. The monoisotopic (exact) mass is 324 g/mol. The summed E-state index contributed by atoms with van der Waals surface area (Å²) in [5.41, 5.74) is 5.39. The summed E-state index contributed by atoms with van der Waals surface area (Å²) in [4.78, 5) is 7.91. The molecule has 3 N–H and O–H groups in total. The third kappa shape index (κ3) is 3.92. The van der Waals surface area contributed by atoms with E-state index in [0.717, 1.165) is 47.6 Å². The van der Waals surface area contributed by atoms with Gasteiger partial charge in [0.1, 0.15) is 5.82 Å². The third-order valence-corrected chi connectivity index (χ3v) is 4.01. The average Bonchev–Trinajstić information content (AvgIpc) is 3.16. The molecule has 5 nitrogen and oxygen atoms in total. The number of rotatable bonds is 7. The number of aryl methyl sites for hydroxylation is 1. The molecule has 2 heterocycles. The largest absolute Gasteiger partial charge is 0.393 e. The molecule has 0 radical (unpaired) electrons. The first kappa shape index (κ1) is 16.5. The smallest absolute Gasteiger partial charge is 0.141 e. The Bertz CT molecular complexity index is 788. The number of hydrogen-bond donors (Lipinski definition) is 3. The molecule has 0 aliphatic carbocycles. The van der Waals surface area contributed by atoms with Crippen molar-refractivity contribution in [3.05, 3.63) is 59.2 Å². The molecule has 2 aromatic heterocycles. The number of benzene rings is 1. The minimum absolute atomic E-state index is 0.332. The Morgan fingerprint density at radius 3 is 2.83 bits per heavy atom. The van der Waals surface area contributed by atoms with Crippen LogP contribution >= 0.6 is 0 Å². The van der Waals surface area contributed by atoms with E-state index in [9.17, 15) is 5.11 Å². The fourth-order valence-electron chi connectivity index (χ4n) is 2.94. The summed E-state index contributed by atoms with van der Waals surface area (Å²) < 4.78 is 0. The van der Waals surface area contributed by atoms with Gasteiger partial charge >= 0.3 is 0 Å². The Morgan fingerprint density at radius 1 is 1.21 bits per heavy atom. The zero-order valence-electron chi connectivity index (χ0n) is 14.2. The molecule has 0 amide bonds. The van der Waals surface area contributed by atoms with Crippen molar-refractivity contribution in [3.8, 4) is 11.4 Å². The van der Waals surface area contributed by atoms with Crippen LogP contribution in [0.4, 0.5) is 0 Å². The Kier molecular flexibility index (Phi) is 5.11. The van der Waals surface area contributed by atoms with E-state index in [-0.39, 0.29) is 6.10 Å². The molecular weight excluding hydrogens is 300 g/mol. The van der Waals surface area contributed by atoms with Crippen LogP contribution in [0.3, 0.4) is 0 Å². The molecular formula is C19H24N4O. The molecule has 0 saturated carbocycles. The first-order valence-corrected chi connectivity index (χ1v) is 8.49. The van der Waals surface area contributed by atoms with Crippen LogP contribution in [0.1, 0.15) is 42.8 Å². The van der Waals surface area contributed by atoms with Gasteiger partial charge in [0.15, 0.2) is 0 Å². The predicted octanol–water partition coefficient (Wildman–Crippen LogP) is 3.27. The average molecular weight is 324 g/mol. The Hall–Kier alpha value is -2.40. The summed E-state index contributed by atoms with van der Waals surface area (Å²) in [7, 11) is 0. The van der Waals surface area contributed by atoms with Crippen LogP contribution in [-0.4, -0.2) is 31.4 Å². The number of H-pyrrole nitrogens is 2. The van der Waals surface area contributed by atoms with E-state index >= 15 is 0 Å². The normalized spacial score (nSPS) is 12.5. The maximum atomic E-state index is 9.56. The molecule has 0 bridgehead atoms. The third-order valence-electron chi connectivity index (χ3n) is 4.01. The molecule has 1 aromatic carbocycles. The fraction of sp³-hybridized carbons (Fsp3) is 0.368. The van der Waals surface area contributed by atoms with Gasteiger partial charge in [-0.3, -0.25) is 5.10 Å². The molecule has 3 rings (SSSR count). The van der Waals surface area contributed by atoms with Gasteiger partial charge in [0, 0.05) is 18.8 Å². The fourth-order valence-corrected chi connectivity index (χ4v) is 2.94. The maximum Gasteiger partial charge on any atom is 0.141 e. The summed E-state index contributed by atoms with van der Waals surface area (Å²) in [6.07, 6.45) is 6.99. The summed E-state index contributed by atoms with van der Waals surface area (Å²) in [6, 6.07) is 8.31. The van der Waals surface area contributed by atoms with E-state index in [4.69, 9.17) is 0 Å². The Balaban J connectivity index is 1.80. The molecule has 0 unspecified atom stereocenters. The topological polar surface area (TPSA) is 77.6 Å². The molecule has 1 atom stereocenters. The first-order chi connectivity index (χ1) is 11.7.